The van der Waals surface area contributed by atoms with Crippen LogP contribution in [0.25, 0.3) is 0 Å². The number of guanidine groups is 1. The van der Waals surface area contributed by atoms with E-state index in [0.29, 0.717) is 19.1 Å². The lowest BCUT2D eigenvalue weighted by Crippen LogP contribution is -2.40. The van der Waals surface area contributed by atoms with Gasteiger partial charge in [0.25, 0.3) is 0 Å². The molecule has 0 saturated heterocycles. The van der Waals surface area contributed by atoms with Crippen molar-refractivity contribution in [3.05, 3.63) is 16.1 Å². The number of sulfone groups is 1. The Hall–Kier alpha value is -1.19. The van der Waals surface area contributed by atoms with Gasteiger partial charge in [-0.15, -0.1) is 11.3 Å². The molecule has 0 aliphatic rings. The third-order valence-electron chi connectivity index (χ3n) is 2.70. The van der Waals surface area contributed by atoms with Crippen LogP contribution in [0.5, 0.6) is 0 Å². The van der Waals surface area contributed by atoms with Crippen molar-refractivity contribution < 1.29 is 13.2 Å². The Labute approximate surface area is 136 Å². The van der Waals surface area contributed by atoms with Gasteiger partial charge in [0.2, 0.25) is 0 Å². The highest BCUT2D eigenvalue weighted by Crippen LogP contribution is 2.07. The monoisotopic (exact) mass is 348 g/mol. The fourth-order valence-corrected chi connectivity index (χ4v) is 2.67. The highest BCUT2D eigenvalue weighted by atomic mass is 32.2. The SMILES string of the molecule is CN=C(NCCOCCS(C)(=O)=O)NCCc1csc(C)n1. The molecule has 126 valence electrons. The highest BCUT2D eigenvalue weighted by Gasteiger charge is 2.02. The van der Waals surface area contributed by atoms with E-state index in [1.54, 1.807) is 18.4 Å². The van der Waals surface area contributed by atoms with E-state index in [1.165, 1.54) is 6.26 Å². The topological polar surface area (TPSA) is 92.7 Å². The number of hydrogen-bond donors (Lipinski definition) is 2. The predicted octanol–water partition coefficient (Wildman–Crippen LogP) is 0.220. The number of hydrogen-bond acceptors (Lipinski definition) is 6. The molecule has 1 aromatic rings. The molecule has 0 atom stereocenters. The number of rotatable bonds is 9. The number of nitrogens with zero attached hydrogens (tertiary/aromatic N) is 2. The average molecular weight is 348 g/mol. The van der Waals surface area contributed by atoms with E-state index in [0.717, 1.165) is 23.7 Å². The third-order valence-corrected chi connectivity index (χ3v) is 4.43. The molecule has 0 aliphatic heterocycles. The molecule has 1 aromatic heterocycles. The van der Waals surface area contributed by atoms with Crippen molar-refractivity contribution >= 4 is 27.1 Å². The Bertz CT molecular complexity index is 570. The highest BCUT2D eigenvalue weighted by molar-refractivity contribution is 7.90. The Balaban J connectivity index is 2.10. The lowest BCUT2D eigenvalue weighted by molar-refractivity contribution is 0.154. The maximum atomic E-state index is 10.9. The molecule has 0 aliphatic carbocycles. The molecule has 0 unspecified atom stereocenters. The lowest BCUT2D eigenvalue weighted by atomic mass is 10.3. The smallest absolute Gasteiger partial charge is 0.191 e. The quantitative estimate of drug-likeness (QED) is 0.377. The van der Waals surface area contributed by atoms with Crippen molar-refractivity contribution in [1.29, 1.82) is 0 Å². The Morgan fingerprint density at radius 2 is 2.09 bits per heavy atom. The van der Waals surface area contributed by atoms with Crippen molar-refractivity contribution in [1.82, 2.24) is 15.6 Å². The van der Waals surface area contributed by atoms with Crippen molar-refractivity contribution in [2.24, 2.45) is 4.99 Å². The Kier molecular flexibility index (Phi) is 8.36. The number of nitrogens with one attached hydrogen (secondary N) is 2. The molecule has 0 spiro atoms. The van der Waals surface area contributed by atoms with Gasteiger partial charge in [-0.2, -0.15) is 0 Å². The third kappa shape index (κ3) is 8.96. The summed E-state index contributed by atoms with van der Waals surface area (Å²) in [5.74, 6) is 0.742. The first-order chi connectivity index (χ1) is 10.4. The summed E-state index contributed by atoms with van der Waals surface area (Å²) in [7, 11) is -1.25. The average Bonchev–Trinajstić information content (AvgIpc) is 2.85. The van der Waals surface area contributed by atoms with Crippen LogP contribution in [-0.2, 0) is 21.0 Å². The molecular formula is C13H24N4O3S2. The van der Waals surface area contributed by atoms with Crippen LogP contribution in [0.3, 0.4) is 0 Å². The molecule has 9 heteroatoms. The molecule has 0 radical (unpaired) electrons. The Morgan fingerprint density at radius 3 is 2.68 bits per heavy atom. The number of ether oxygens (including phenoxy) is 1. The summed E-state index contributed by atoms with van der Waals surface area (Å²) in [6, 6.07) is 0. The van der Waals surface area contributed by atoms with E-state index in [1.807, 2.05) is 6.92 Å². The first kappa shape index (κ1) is 18.9. The maximum Gasteiger partial charge on any atom is 0.191 e. The van der Waals surface area contributed by atoms with E-state index < -0.39 is 9.84 Å². The summed E-state index contributed by atoms with van der Waals surface area (Å²) in [6.45, 7) is 3.96. The summed E-state index contributed by atoms with van der Waals surface area (Å²) in [4.78, 5) is 8.50. The van der Waals surface area contributed by atoms with Gasteiger partial charge in [0.1, 0.15) is 9.84 Å². The minimum Gasteiger partial charge on any atom is -0.379 e. The largest absolute Gasteiger partial charge is 0.379 e. The second kappa shape index (κ2) is 9.75. The molecule has 2 N–H and O–H groups in total. The second-order valence-corrected chi connectivity index (χ2v) is 8.10. The standard InChI is InChI=1S/C13H24N4O3S2/c1-11-17-12(10-21-11)4-5-15-13(14-2)16-6-7-20-8-9-22(3,18)19/h10H,4-9H2,1-3H3,(H2,14,15,16). The number of thiazole rings is 1. The molecule has 22 heavy (non-hydrogen) atoms. The minimum absolute atomic E-state index is 0.0486. The summed E-state index contributed by atoms with van der Waals surface area (Å²) in [5, 5.41) is 9.43. The molecule has 0 fully saturated rings. The van der Waals surface area contributed by atoms with Gasteiger partial charge in [-0.3, -0.25) is 4.99 Å². The van der Waals surface area contributed by atoms with E-state index >= 15 is 0 Å². The van der Waals surface area contributed by atoms with Crippen LogP contribution in [0, 0.1) is 6.92 Å². The maximum absolute atomic E-state index is 10.9. The fourth-order valence-electron chi connectivity index (χ4n) is 1.61. The van der Waals surface area contributed by atoms with Gasteiger partial charge in [-0.25, -0.2) is 13.4 Å². The normalized spacial score (nSPS) is 12.4. The van der Waals surface area contributed by atoms with Crippen LogP contribution in [0.15, 0.2) is 10.4 Å². The van der Waals surface area contributed by atoms with Crippen LogP contribution < -0.4 is 10.6 Å². The van der Waals surface area contributed by atoms with Crippen molar-refractivity contribution in [2.45, 2.75) is 13.3 Å². The van der Waals surface area contributed by atoms with Gasteiger partial charge in [0.05, 0.1) is 29.7 Å². The van der Waals surface area contributed by atoms with Gasteiger partial charge in [0, 0.05) is 38.2 Å². The van der Waals surface area contributed by atoms with Crippen molar-refractivity contribution in [3.63, 3.8) is 0 Å². The zero-order chi connectivity index (χ0) is 16.4. The van der Waals surface area contributed by atoms with Crippen LogP contribution >= 0.6 is 11.3 Å². The summed E-state index contributed by atoms with van der Waals surface area (Å²) in [5.41, 5.74) is 1.08. The Morgan fingerprint density at radius 1 is 1.36 bits per heavy atom. The van der Waals surface area contributed by atoms with Gasteiger partial charge >= 0.3 is 0 Å². The van der Waals surface area contributed by atoms with Gasteiger partial charge < -0.3 is 15.4 Å². The van der Waals surface area contributed by atoms with Crippen molar-refractivity contribution in [3.8, 4) is 0 Å². The first-order valence-electron chi connectivity index (χ1n) is 7.01. The number of aromatic nitrogens is 1. The van der Waals surface area contributed by atoms with E-state index in [-0.39, 0.29) is 12.4 Å². The molecule has 0 amide bonds. The van der Waals surface area contributed by atoms with E-state index in [4.69, 9.17) is 4.74 Å². The number of aliphatic imine (C=N–C) groups is 1. The van der Waals surface area contributed by atoms with Crippen LogP contribution in [0.2, 0.25) is 0 Å². The zero-order valence-electron chi connectivity index (χ0n) is 13.3. The van der Waals surface area contributed by atoms with Gasteiger partial charge in [-0.05, 0) is 6.92 Å². The molecule has 0 aromatic carbocycles. The molecular weight excluding hydrogens is 324 g/mol. The van der Waals surface area contributed by atoms with Crippen LogP contribution in [0.4, 0.5) is 0 Å². The molecule has 1 heterocycles. The summed E-state index contributed by atoms with van der Waals surface area (Å²) in [6.07, 6.45) is 2.04. The summed E-state index contributed by atoms with van der Waals surface area (Å²) >= 11 is 1.65. The molecule has 7 nitrogen and oxygen atoms in total. The zero-order valence-corrected chi connectivity index (χ0v) is 14.9. The molecule has 0 saturated carbocycles. The molecule has 1 rings (SSSR count). The fraction of sp³-hybridized carbons (Fsp3) is 0.692. The lowest BCUT2D eigenvalue weighted by Gasteiger charge is -2.11. The van der Waals surface area contributed by atoms with Crippen LogP contribution in [0.1, 0.15) is 10.7 Å². The predicted molar refractivity (Wildman–Crippen MR) is 90.4 cm³/mol. The van der Waals surface area contributed by atoms with E-state index in [9.17, 15) is 8.42 Å². The number of aryl methyl sites for hydroxylation is 1. The van der Waals surface area contributed by atoms with E-state index in [2.05, 4.69) is 26.0 Å². The van der Waals surface area contributed by atoms with Gasteiger partial charge in [0.15, 0.2) is 5.96 Å². The molecule has 0 bridgehead atoms. The summed E-state index contributed by atoms with van der Waals surface area (Å²) < 4.78 is 27.1. The van der Waals surface area contributed by atoms with Crippen LogP contribution in [-0.4, -0.2) is 64.7 Å². The van der Waals surface area contributed by atoms with Gasteiger partial charge in [-0.1, -0.05) is 0 Å². The first-order valence-corrected chi connectivity index (χ1v) is 9.95. The van der Waals surface area contributed by atoms with Crippen molar-refractivity contribution in [2.75, 3.05) is 45.4 Å². The minimum atomic E-state index is -2.96. The second-order valence-electron chi connectivity index (χ2n) is 4.78.